The molecular weight excluding hydrogens is 408 g/mol. The number of rotatable bonds is 5. The van der Waals surface area contributed by atoms with Gasteiger partial charge in [0, 0.05) is 13.1 Å². The summed E-state index contributed by atoms with van der Waals surface area (Å²) in [7, 11) is -3.90. The number of benzene rings is 3. The summed E-state index contributed by atoms with van der Waals surface area (Å²) in [6.07, 6.45) is 0.775. The lowest BCUT2D eigenvalue weighted by Crippen LogP contribution is -2.44. The molecule has 1 aliphatic rings. The van der Waals surface area contributed by atoms with Crippen LogP contribution < -0.4 is 4.31 Å². The minimum Gasteiger partial charge on any atom is -0.336 e. The Labute approximate surface area is 184 Å². The maximum Gasteiger partial charge on any atom is 0.264 e. The number of hydrogen-bond donors (Lipinski definition) is 0. The predicted molar refractivity (Wildman–Crippen MR) is 122 cm³/mol. The van der Waals surface area contributed by atoms with Gasteiger partial charge in [-0.15, -0.1) is 0 Å². The van der Waals surface area contributed by atoms with Gasteiger partial charge in [0.25, 0.3) is 10.0 Å². The fraction of sp³-hybridized carbons (Fsp3) is 0.240. The van der Waals surface area contributed by atoms with E-state index in [2.05, 4.69) is 6.07 Å². The first-order valence-electron chi connectivity index (χ1n) is 10.4. The van der Waals surface area contributed by atoms with Crippen LogP contribution in [-0.2, 0) is 27.8 Å². The minimum absolute atomic E-state index is 0.177. The third-order valence-electron chi connectivity index (χ3n) is 5.66. The molecule has 6 heteroatoms. The standard InChI is InChI=1S/C25H26N2O3S/c1-19-10-12-24(13-11-19)31(29,30)27(23-9-5-6-20(2)16-23)18-25(28)26-15-14-21-7-3-4-8-22(21)17-26/h3-13,16H,14-15,17-18H2,1-2H3. The highest BCUT2D eigenvalue weighted by atomic mass is 32.2. The van der Waals surface area contributed by atoms with Gasteiger partial charge in [0.15, 0.2) is 0 Å². The Morgan fingerprint density at radius 3 is 2.32 bits per heavy atom. The van der Waals surface area contributed by atoms with E-state index >= 15 is 0 Å². The third kappa shape index (κ3) is 4.49. The first-order valence-corrected chi connectivity index (χ1v) is 11.8. The summed E-state index contributed by atoms with van der Waals surface area (Å²) in [4.78, 5) is 15.2. The van der Waals surface area contributed by atoms with Gasteiger partial charge in [0.1, 0.15) is 6.54 Å². The van der Waals surface area contributed by atoms with Crippen LogP contribution in [0.2, 0.25) is 0 Å². The number of fused-ring (bicyclic) bond motifs is 1. The van der Waals surface area contributed by atoms with E-state index in [1.165, 1.54) is 9.87 Å². The summed E-state index contributed by atoms with van der Waals surface area (Å²) in [6.45, 7) is 4.67. The lowest BCUT2D eigenvalue weighted by molar-refractivity contribution is -0.130. The quantitative estimate of drug-likeness (QED) is 0.608. The minimum atomic E-state index is -3.90. The highest BCUT2D eigenvalue weighted by Crippen LogP contribution is 2.26. The number of nitrogens with zero attached hydrogens (tertiary/aromatic N) is 2. The molecule has 1 heterocycles. The molecule has 0 saturated heterocycles. The maximum absolute atomic E-state index is 13.5. The second-order valence-electron chi connectivity index (χ2n) is 8.00. The summed E-state index contributed by atoms with van der Waals surface area (Å²) in [5, 5.41) is 0. The van der Waals surface area contributed by atoms with Crippen LogP contribution in [0.25, 0.3) is 0 Å². The van der Waals surface area contributed by atoms with Gasteiger partial charge >= 0.3 is 0 Å². The summed E-state index contributed by atoms with van der Waals surface area (Å²) < 4.78 is 28.3. The monoisotopic (exact) mass is 434 g/mol. The Balaban J connectivity index is 1.65. The molecular formula is C25H26N2O3S. The van der Waals surface area contributed by atoms with E-state index < -0.39 is 10.0 Å². The molecule has 0 aromatic heterocycles. The van der Waals surface area contributed by atoms with Crippen LogP contribution in [-0.4, -0.2) is 32.3 Å². The second kappa shape index (κ2) is 8.55. The number of aryl methyl sites for hydroxylation is 2. The number of anilines is 1. The van der Waals surface area contributed by atoms with Gasteiger partial charge in [0.05, 0.1) is 10.6 Å². The SMILES string of the molecule is Cc1ccc(S(=O)(=O)N(CC(=O)N2CCc3ccccc3C2)c2cccc(C)c2)cc1. The van der Waals surface area contributed by atoms with Crippen molar-refractivity contribution in [3.8, 4) is 0 Å². The van der Waals surface area contributed by atoms with Crippen molar-refractivity contribution in [2.75, 3.05) is 17.4 Å². The highest BCUT2D eigenvalue weighted by Gasteiger charge is 2.30. The van der Waals surface area contributed by atoms with Crippen molar-refractivity contribution >= 4 is 21.6 Å². The van der Waals surface area contributed by atoms with E-state index in [4.69, 9.17) is 0 Å². The van der Waals surface area contributed by atoms with Crippen molar-refractivity contribution < 1.29 is 13.2 Å². The zero-order valence-electron chi connectivity index (χ0n) is 17.8. The van der Waals surface area contributed by atoms with Crippen LogP contribution in [0.3, 0.4) is 0 Å². The largest absolute Gasteiger partial charge is 0.336 e. The average Bonchev–Trinajstić information content (AvgIpc) is 2.77. The fourth-order valence-corrected chi connectivity index (χ4v) is 5.27. The summed E-state index contributed by atoms with van der Waals surface area (Å²) in [5.41, 5.74) is 4.76. The van der Waals surface area contributed by atoms with Gasteiger partial charge in [-0.2, -0.15) is 0 Å². The molecule has 4 rings (SSSR count). The Morgan fingerprint density at radius 2 is 1.61 bits per heavy atom. The van der Waals surface area contributed by atoms with Crippen molar-refractivity contribution in [2.45, 2.75) is 31.7 Å². The maximum atomic E-state index is 13.5. The predicted octanol–water partition coefficient (Wildman–Crippen LogP) is 4.08. The van der Waals surface area contributed by atoms with E-state index in [0.717, 1.165) is 23.1 Å². The number of carbonyl (C=O) groups is 1. The molecule has 0 spiro atoms. The lowest BCUT2D eigenvalue weighted by atomic mass is 10.00. The van der Waals surface area contributed by atoms with Crippen LogP contribution in [0.4, 0.5) is 5.69 Å². The van der Waals surface area contributed by atoms with Crippen LogP contribution in [0.15, 0.2) is 77.7 Å². The number of carbonyl (C=O) groups excluding carboxylic acids is 1. The molecule has 0 aliphatic carbocycles. The topological polar surface area (TPSA) is 57.7 Å². The lowest BCUT2D eigenvalue weighted by Gasteiger charge is -2.32. The van der Waals surface area contributed by atoms with Gasteiger partial charge in [0.2, 0.25) is 5.91 Å². The average molecular weight is 435 g/mol. The van der Waals surface area contributed by atoms with Gasteiger partial charge in [-0.3, -0.25) is 9.10 Å². The Kier molecular flexibility index (Phi) is 5.83. The number of amides is 1. The second-order valence-corrected chi connectivity index (χ2v) is 9.86. The molecule has 3 aromatic rings. The fourth-order valence-electron chi connectivity index (χ4n) is 3.87. The molecule has 160 valence electrons. The highest BCUT2D eigenvalue weighted by molar-refractivity contribution is 7.92. The van der Waals surface area contributed by atoms with E-state index in [1.807, 2.05) is 44.2 Å². The Morgan fingerprint density at radius 1 is 0.903 bits per heavy atom. The van der Waals surface area contributed by atoms with Crippen molar-refractivity contribution in [1.29, 1.82) is 0 Å². The van der Waals surface area contributed by atoms with Crippen LogP contribution >= 0.6 is 0 Å². The van der Waals surface area contributed by atoms with E-state index in [9.17, 15) is 13.2 Å². The molecule has 0 radical (unpaired) electrons. The first-order chi connectivity index (χ1) is 14.8. The van der Waals surface area contributed by atoms with E-state index in [-0.39, 0.29) is 17.3 Å². The van der Waals surface area contributed by atoms with Crippen LogP contribution in [0.1, 0.15) is 22.3 Å². The molecule has 0 saturated carbocycles. The Bertz CT molecular complexity index is 1200. The van der Waals surface area contributed by atoms with Crippen molar-refractivity contribution in [3.05, 3.63) is 95.1 Å². The van der Waals surface area contributed by atoms with Gasteiger partial charge < -0.3 is 4.90 Å². The normalized spacial score (nSPS) is 13.5. The zero-order valence-corrected chi connectivity index (χ0v) is 18.6. The number of hydrogen-bond acceptors (Lipinski definition) is 3. The van der Waals surface area contributed by atoms with Crippen LogP contribution in [0.5, 0.6) is 0 Å². The van der Waals surface area contributed by atoms with Crippen molar-refractivity contribution in [1.82, 2.24) is 4.90 Å². The smallest absolute Gasteiger partial charge is 0.264 e. The molecule has 5 nitrogen and oxygen atoms in total. The summed E-state index contributed by atoms with van der Waals surface area (Å²) in [6, 6.07) is 22.0. The van der Waals surface area contributed by atoms with Crippen molar-refractivity contribution in [2.24, 2.45) is 0 Å². The molecule has 1 amide bonds. The summed E-state index contributed by atoms with van der Waals surface area (Å²) >= 11 is 0. The first kappa shape index (κ1) is 21.1. The molecule has 1 aliphatic heterocycles. The van der Waals surface area contributed by atoms with Crippen LogP contribution in [0, 0.1) is 13.8 Å². The van der Waals surface area contributed by atoms with E-state index in [1.54, 1.807) is 41.3 Å². The summed E-state index contributed by atoms with van der Waals surface area (Å²) in [5.74, 6) is -0.202. The zero-order chi connectivity index (χ0) is 22.0. The number of sulfonamides is 1. The van der Waals surface area contributed by atoms with Gasteiger partial charge in [-0.1, -0.05) is 54.1 Å². The molecule has 0 unspecified atom stereocenters. The van der Waals surface area contributed by atoms with Gasteiger partial charge in [-0.05, 0) is 61.2 Å². The van der Waals surface area contributed by atoms with Crippen molar-refractivity contribution in [3.63, 3.8) is 0 Å². The molecule has 0 N–H and O–H groups in total. The van der Waals surface area contributed by atoms with E-state index in [0.29, 0.717) is 18.8 Å². The molecule has 3 aromatic carbocycles. The Hall–Kier alpha value is -3.12. The molecule has 0 bridgehead atoms. The third-order valence-corrected chi connectivity index (χ3v) is 7.45. The van der Waals surface area contributed by atoms with Gasteiger partial charge in [-0.25, -0.2) is 8.42 Å². The molecule has 0 atom stereocenters. The molecule has 31 heavy (non-hydrogen) atoms. The molecule has 0 fully saturated rings.